The minimum absolute atomic E-state index is 0.0447. The largest absolute Gasteiger partial charge is 0.346 e. The van der Waals surface area contributed by atoms with Gasteiger partial charge in [-0.05, 0) is 45.9 Å². The number of carbonyl (C=O) groups is 3. The zero-order valence-corrected chi connectivity index (χ0v) is 20.1. The maximum absolute atomic E-state index is 12.9. The SMILES string of the molecule is Cc1nn(-c2ccc(Cl)cc2Cl)c(C)c1CC(=O)N1CCN(C(=O)C(=O)NC(C)C)CC1. The third kappa shape index (κ3) is 5.24. The molecule has 1 fully saturated rings. The van der Waals surface area contributed by atoms with Gasteiger partial charge in [-0.25, -0.2) is 4.68 Å². The molecule has 1 aliphatic rings. The summed E-state index contributed by atoms with van der Waals surface area (Å²) in [5, 5.41) is 8.19. The van der Waals surface area contributed by atoms with Crippen molar-refractivity contribution in [3.8, 4) is 5.69 Å². The summed E-state index contributed by atoms with van der Waals surface area (Å²) in [5.41, 5.74) is 3.12. The molecule has 1 aromatic heterocycles. The summed E-state index contributed by atoms with van der Waals surface area (Å²) in [4.78, 5) is 40.3. The smallest absolute Gasteiger partial charge is 0.312 e. The second-order valence-electron chi connectivity index (χ2n) is 8.13. The lowest BCUT2D eigenvalue weighted by Crippen LogP contribution is -2.54. The van der Waals surface area contributed by atoms with E-state index in [-0.39, 0.29) is 18.4 Å². The van der Waals surface area contributed by atoms with Crippen molar-refractivity contribution in [3.63, 3.8) is 0 Å². The molecule has 3 rings (SSSR count). The van der Waals surface area contributed by atoms with Crippen molar-refractivity contribution in [2.24, 2.45) is 0 Å². The van der Waals surface area contributed by atoms with E-state index in [1.165, 1.54) is 4.90 Å². The van der Waals surface area contributed by atoms with Gasteiger partial charge in [0.05, 0.1) is 22.8 Å². The number of aromatic nitrogens is 2. The summed E-state index contributed by atoms with van der Waals surface area (Å²) in [6.45, 7) is 8.78. The fourth-order valence-electron chi connectivity index (χ4n) is 3.71. The number of hydrogen-bond donors (Lipinski definition) is 1. The second kappa shape index (κ2) is 9.92. The van der Waals surface area contributed by atoms with Crippen molar-refractivity contribution in [2.45, 2.75) is 40.2 Å². The second-order valence-corrected chi connectivity index (χ2v) is 8.98. The van der Waals surface area contributed by atoms with E-state index in [2.05, 4.69) is 10.4 Å². The number of halogens is 2. The predicted octanol–water partition coefficient (Wildman–Crippen LogP) is 2.53. The summed E-state index contributed by atoms with van der Waals surface area (Å²) in [6, 6.07) is 5.08. The van der Waals surface area contributed by atoms with Crippen LogP contribution in [0.1, 0.15) is 30.8 Å². The summed E-state index contributed by atoms with van der Waals surface area (Å²) in [6.07, 6.45) is 0.199. The van der Waals surface area contributed by atoms with Crippen LogP contribution in [0, 0.1) is 13.8 Å². The van der Waals surface area contributed by atoms with Crippen LogP contribution in [-0.2, 0) is 20.8 Å². The molecule has 2 aromatic rings. The molecule has 0 unspecified atom stereocenters. The Labute approximate surface area is 197 Å². The first-order chi connectivity index (χ1) is 15.1. The standard InChI is InChI=1S/C22H27Cl2N5O3/c1-13(2)25-21(31)22(32)28-9-7-27(8-10-28)20(30)12-17-14(3)26-29(15(17)4)19-6-5-16(23)11-18(19)24/h5-6,11,13H,7-10,12H2,1-4H3,(H,25,31). The number of nitrogens with zero attached hydrogens (tertiary/aromatic N) is 4. The van der Waals surface area contributed by atoms with Crippen LogP contribution in [0.5, 0.6) is 0 Å². The number of nitrogens with one attached hydrogen (secondary N) is 1. The lowest BCUT2D eigenvalue weighted by Gasteiger charge is -2.34. The molecule has 0 spiro atoms. The molecule has 1 saturated heterocycles. The lowest BCUT2D eigenvalue weighted by atomic mass is 10.1. The third-order valence-corrected chi connectivity index (χ3v) is 5.98. The van der Waals surface area contributed by atoms with E-state index in [4.69, 9.17) is 23.2 Å². The van der Waals surface area contributed by atoms with Crippen molar-refractivity contribution in [1.82, 2.24) is 24.9 Å². The van der Waals surface area contributed by atoms with Crippen molar-refractivity contribution < 1.29 is 14.4 Å². The van der Waals surface area contributed by atoms with E-state index in [1.54, 1.807) is 41.6 Å². The highest BCUT2D eigenvalue weighted by molar-refractivity contribution is 6.36. The molecule has 10 heteroatoms. The molecular formula is C22H27Cl2N5O3. The normalized spacial score (nSPS) is 14.1. The Bertz CT molecular complexity index is 1040. The molecule has 0 atom stereocenters. The highest BCUT2D eigenvalue weighted by atomic mass is 35.5. The van der Waals surface area contributed by atoms with Crippen molar-refractivity contribution >= 4 is 40.9 Å². The quantitative estimate of drug-likeness (QED) is 0.682. The van der Waals surface area contributed by atoms with E-state index in [1.807, 2.05) is 13.8 Å². The number of benzene rings is 1. The number of amides is 3. The number of carbonyl (C=O) groups excluding carboxylic acids is 3. The fraction of sp³-hybridized carbons (Fsp3) is 0.455. The van der Waals surface area contributed by atoms with Gasteiger partial charge in [-0.1, -0.05) is 23.2 Å². The van der Waals surface area contributed by atoms with Gasteiger partial charge in [-0.15, -0.1) is 0 Å². The first-order valence-corrected chi connectivity index (χ1v) is 11.2. The van der Waals surface area contributed by atoms with E-state index < -0.39 is 11.8 Å². The summed E-state index contributed by atoms with van der Waals surface area (Å²) < 4.78 is 1.72. The zero-order chi connectivity index (χ0) is 23.6. The van der Waals surface area contributed by atoms with Crippen LogP contribution in [0.25, 0.3) is 5.69 Å². The van der Waals surface area contributed by atoms with Gasteiger partial charge in [-0.2, -0.15) is 5.10 Å². The molecule has 32 heavy (non-hydrogen) atoms. The van der Waals surface area contributed by atoms with Crippen LogP contribution in [-0.4, -0.2) is 69.5 Å². The first kappa shape index (κ1) is 24.1. The molecule has 172 valence electrons. The predicted molar refractivity (Wildman–Crippen MR) is 123 cm³/mol. The Morgan fingerprint density at radius 1 is 1.06 bits per heavy atom. The maximum Gasteiger partial charge on any atom is 0.312 e. The fourth-order valence-corrected chi connectivity index (χ4v) is 4.20. The maximum atomic E-state index is 12.9. The summed E-state index contributed by atoms with van der Waals surface area (Å²) in [5.74, 6) is -1.21. The average molecular weight is 480 g/mol. The number of rotatable bonds is 4. The van der Waals surface area contributed by atoms with Gasteiger partial charge >= 0.3 is 11.8 Å². The zero-order valence-electron chi connectivity index (χ0n) is 18.6. The van der Waals surface area contributed by atoms with Crippen LogP contribution < -0.4 is 5.32 Å². The van der Waals surface area contributed by atoms with Gasteiger partial charge < -0.3 is 15.1 Å². The third-order valence-electron chi connectivity index (χ3n) is 5.44. The van der Waals surface area contributed by atoms with Crippen LogP contribution in [0.3, 0.4) is 0 Å². The number of aryl methyl sites for hydroxylation is 1. The van der Waals surface area contributed by atoms with E-state index in [0.717, 1.165) is 17.0 Å². The molecular weight excluding hydrogens is 453 g/mol. The Kier molecular flexibility index (Phi) is 7.46. The Morgan fingerprint density at radius 2 is 1.69 bits per heavy atom. The highest BCUT2D eigenvalue weighted by Crippen LogP contribution is 2.27. The molecule has 0 aliphatic carbocycles. The minimum Gasteiger partial charge on any atom is -0.346 e. The van der Waals surface area contributed by atoms with Gasteiger partial charge in [0, 0.05) is 48.5 Å². The summed E-state index contributed by atoms with van der Waals surface area (Å²) >= 11 is 12.3. The Hall–Kier alpha value is -2.58. The Morgan fingerprint density at radius 3 is 2.28 bits per heavy atom. The van der Waals surface area contributed by atoms with E-state index in [0.29, 0.717) is 41.9 Å². The minimum atomic E-state index is -0.612. The molecule has 8 nitrogen and oxygen atoms in total. The molecule has 1 aliphatic heterocycles. The molecule has 0 saturated carbocycles. The molecule has 0 radical (unpaired) electrons. The average Bonchev–Trinajstić information content (AvgIpc) is 3.01. The highest BCUT2D eigenvalue weighted by Gasteiger charge is 2.29. The van der Waals surface area contributed by atoms with E-state index in [9.17, 15) is 14.4 Å². The van der Waals surface area contributed by atoms with Crippen LogP contribution in [0.2, 0.25) is 10.0 Å². The van der Waals surface area contributed by atoms with Gasteiger partial charge in [0.1, 0.15) is 0 Å². The topological polar surface area (TPSA) is 87.5 Å². The van der Waals surface area contributed by atoms with Crippen LogP contribution in [0.4, 0.5) is 0 Å². The van der Waals surface area contributed by atoms with Crippen molar-refractivity contribution in [3.05, 3.63) is 45.2 Å². The monoisotopic (exact) mass is 479 g/mol. The van der Waals surface area contributed by atoms with Gasteiger partial charge in [-0.3, -0.25) is 14.4 Å². The molecule has 2 heterocycles. The lowest BCUT2D eigenvalue weighted by molar-refractivity contribution is -0.148. The molecule has 1 N–H and O–H groups in total. The molecule has 0 bridgehead atoms. The molecule has 3 amide bonds. The summed E-state index contributed by atoms with van der Waals surface area (Å²) in [7, 11) is 0. The van der Waals surface area contributed by atoms with Crippen molar-refractivity contribution in [2.75, 3.05) is 26.2 Å². The van der Waals surface area contributed by atoms with Gasteiger partial charge in [0.25, 0.3) is 0 Å². The molecule has 1 aromatic carbocycles. The van der Waals surface area contributed by atoms with Gasteiger partial charge in [0.2, 0.25) is 5.91 Å². The first-order valence-electron chi connectivity index (χ1n) is 10.5. The van der Waals surface area contributed by atoms with Crippen LogP contribution in [0.15, 0.2) is 18.2 Å². The Balaban J connectivity index is 1.65. The van der Waals surface area contributed by atoms with E-state index >= 15 is 0 Å². The number of piperazine rings is 1. The number of hydrogen-bond acceptors (Lipinski definition) is 4. The van der Waals surface area contributed by atoms with Crippen molar-refractivity contribution in [1.29, 1.82) is 0 Å². The van der Waals surface area contributed by atoms with Gasteiger partial charge in [0.15, 0.2) is 0 Å². The van der Waals surface area contributed by atoms with Crippen LogP contribution >= 0.6 is 23.2 Å².